The predicted octanol–water partition coefficient (Wildman–Crippen LogP) is 2.04. The first-order chi connectivity index (χ1) is 8.14. The minimum absolute atomic E-state index is 0.0340. The Balaban J connectivity index is 2.52. The van der Waals surface area contributed by atoms with Gasteiger partial charge in [-0.25, -0.2) is 8.42 Å². The summed E-state index contributed by atoms with van der Waals surface area (Å²) in [7, 11) is -5.06. The third-order valence-corrected chi connectivity index (χ3v) is 5.07. The van der Waals surface area contributed by atoms with Gasteiger partial charge in [0.25, 0.3) is 9.84 Å². The van der Waals surface area contributed by atoms with Crippen LogP contribution in [0.3, 0.4) is 0 Å². The average molecular weight is 288 g/mol. The molecule has 106 valence electrons. The summed E-state index contributed by atoms with van der Waals surface area (Å²) < 4.78 is 64.0. The van der Waals surface area contributed by atoms with Crippen LogP contribution in [0.15, 0.2) is 0 Å². The van der Waals surface area contributed by atoms with Crippen molar-refractivity contribution in [2.75, 3.05) is 6.61 Å². The molecule has 8 heteroatoms. The van der Waals surface area contributed by atoms with Crippen LogP contribution >= 0.6 is 0 Å². The summed E-state index contributed by atoms with van der Waals surface area (Å²) in [4.78, 5) is 10.6. The zero-order chi connectivity index (χ0) is 14.0. The summed E-state index contributed by atoms with van der Waals surface area (Å²) in [5.74, 6) is -0.492. The predicted molar refractivity (Wildman–Crippen MR) is 57.4 cm³/mol. The minimum Gasteiger partial charge on any atom is -0.466 e. The van der Waals surface area contributed by atoms with E-state index in [1.807, 2.05) is 0 Å². The second kappa shape index (κ2) is 5.46. The van der Waals surface area contributed by atoms with Crippen molar-refractivity contribution in [2.45, 2.75) is 43.4 Å². The molecule has 0 aromatic rings. The smallest absolute Gasteiger partial charge is 0.466 e. The van der Waals surface area contributed by atoms with Crippen molar-refractivity contribution >= 4 is 15.8 Å². The molecule has 1 rings (SSSR count). The van der Waals surface area contributed by atoms with Gasteiger partial charge in [0.15, 0.2) is 0 Å². The molecular weight excluding hydrogens is 273 g/mol. The molecule has 1 fully saturated rings. The fourth-order valence-corrected chi connectivity index (χ4v) is 3.30. The van der Waals surface area contributed by atoms with E-state index >= 15 is 0 Å². The summed E-state index contributed by atoms with van der Waals surface area (Å²) in [5, 5.41) is -1.36. The summed E-state index contributed by atoms with van der Waals surface area (Å²) >= 11 is 0. The number of hydrogen-bond donors (Lipinski definition) is 0. The van der Waals surface area contributed by atoms with Gasteiger partial charge < -0.3 is 4.74 Å². The fourth-order valence-electron chi connectivity index (χ4n) is 2.03. The molecule has 1 saturated carbocycles. The number of carbonyl (C=O) groups is 1. The van der Waals surface area contributed by atoms with E-state index in [1.54, 1.807) is 0 Å². The first-order valence-electron chi connectivity index (χ1n) is 5.58. The zero-order valence-corrected chi connectivity index (χ0v) is 10.7. The maximum atomic E-state index is 12.3. The Morgan fingerprint density at radius 1 is 1.22 bits per heavy atom. The quantitative estimate of drug-likeness (QED) is 0.746. The van der Waals surface area contributed by atoms with Crippen molar-refractivity contribution in [3.8, 4) is 0 Å². The maximum absolute atomic E-state index is 12.3. The summed E-state index contributed by atoms with van der Waals surface area (Å²) in [5.41, 5.74) is -5.18. The van der Waals surface area contributed by atoms with E-state index in [-0.39, 0.29) is 25.4 Å². The molecule has 0 heterocycles. The van der Waals surface area contributed by atoms with Crippen LogP contribution in [-0.4, -0.2) is 31.8 Å². The number of carbonyl (C=O) groups excluding carboxylic acids is 1. The Morgan fingerprint density at radius 2 is 1.72 bits per heavy atom. The molecule has 0 radical (unpaired) electrons. The van der Waals surface area contributed by atoms with E-state index in [0.717, 1.165) is 0 Å². The summed E-state index contributed by atoms with van der Waals surface area (Å²) in [6.45, 7) is 1.40. The van der Waals surface area contributed by atoms with E-state index in [9.17, 15) is 26.4 Å². The standard InChI is InChI=1S/C10H15F3O4S/c1-7(14)17-6-8-2-4-9(5-3-8)18(15,16)10(11,12)13/h8-9H,2-6H2,1H3. The molecule has 0 aliphatic heterocycles. The lowest BCUT2D eigenvalue weighted by molar-refractivity contribution is -0.142. The number of alkyl halides is 3. The lowest BCUT2D eigenvalue weighted by atomic mass is 9.89. The van der Waals surface area contributed by atoms with Gasteiger partial charge in [-0.15, -0.1) is 0 Å². The third-order valence-electron chi connectivity index (χ3n) is 3.08. The van der Waals surface area contributed by atoms with Crippen molar-refractivity contribution in [3.63, 3.8) is 0 Å². The number of halogens is 3. The molecular formula is C10H15F3O4S. The molecule has 4 nitrogen and oxygen atoms in total. The van der Waals surface area contributed by atoms with Gasteiger partial charge in [0, 0.05) is 6.92 Å². The molecule has 0 aromatic carbocycles. The van der Waals surface area contributed by atoms with E-state index in [2.05, 4.69) is 0 Å². The molecule has 0 N–H and O–H groups in total. The van der Waals surface area contributed by atoms with Gasteiger partial charge in [0.05, 0.1) is 11.9 Å². The van der Waals surface area contributed by atoms with Gasteiger partial charge in [-0.3, -0.25) is 4.79 Å². The van der Waals surface area contributed by atoms with Gasteiger partial charge in [0.2, 0.25) is 0 Å². The Morgan fingerprint density at radius 3 is 2.11 bits per heavy atom. The lowest BCUT2D eigenvalue weighted by Gasteiger charge is -2.28. The molecule has 1 aliphatic carbocycles. The molecule has 1 aliphatic rings. The Kier molecular flexibility index (Phi) is 4.63. The van der Waals surface area contributed by atoms with Crippen LogP contribution in [0, 0.1) is 5.92 Å². The van der Waals surface area contributed by atoms with Gasteiger partial charge in [-0.05, 0) is 31.6 Å². The first kappa shape index (κ1) is 15.3. The first-order valence-corrected chi connectivity index (χ1v) is 7.12. The average Bonchev–Trinajstić information content (AvgIpc) is 2.25. The van der Waals surface area contributed by atoms with Crippen LogP contribution < -0.4 is 0 Å². The van der Waals surface area contributed by atoms with Crippen LogP contribution in [0.5, 0.6) is 0 Å². The number of hydrogen-bond acceptors (Lipinski definition) is 4. The number of sulfone groups is 1. The highest BCUT2D eigenvalue weighted by atomic mass is 32.2. The van der Waals surface area contributed by atoms with Crippen molar-refractivity contribution in [1.82, 2.24) is 0 Å². The van der Waals surface area contributed by atoms with Crippen molar-refractivity contribution < 1.29 is 31.1 Å². The van der Waals surface area contributed by atoms with Crippen LogP contribution in [0.4, 0.5) is 13.2 Å². The monoisotopic (exact) mass is 288 g/mol. The SMILES string of the molecule is CC(=O)OCC1CCC(S(=O)(=O)C(F)(F)F)CC1. The minimum atomic E-state index is -5.18. The molecule has 0 amide bonds. The van der Waals surface area contributed by atoms with Crippen LogP contribution in [-0.2, 0) is 19.4 Å². The van der Waals surface area contributed by atoms with Crippen LogP contribution in [0.25, 0.3) is 0 Å². The molecule has 0 spiro atoms. The van der Waals surface area contributed by atoms with E-state index < -0.39 is 26.6 Å². The molecule has 0 saturated heterocycles. The second-order valence-corrected chi connectivity index (χ2v) is 6.66. The largest absolute Gasteiger partial charge is 0.497 e. The highest BCUT2D eigenvalue weighted by molar-refractivity contribution is 7.92. The third kappa shape index (κ3) is 3.60. The Labute approximate surface area is 103 Å². The zero-order valence-electron chi connectivity index (χ0n) is 9.87. The molecule has 0 unspecified atom stereocenters. The molecule has 0 aromatic heterocycles. The maximum Gasteiger partial charge on any atom is 0.497 e. The highest BCUT2D eigenvalue weighted by Crippen LogP contribution is 2.36. The Hall–Kier alpha value is -0.790. The molecule has 0 bridgehead atoms. The van der Waals surface area contributed by atoms with Gasteiger partial charge in [-0.2, -0.15) is 13.2 Å². The van der Waals surface area contributed by atoms with E-state index in [0.29, 0.717) is 12.8 Å². The van der Waals surface area contributed by atoms with Gasteiger partial charge >= 0.3 is 11.5 Å². The summed E-state index contributed by atoms with van der Waals surface area (Å²) in [6.07, 6.45) is 0.585. The topological polar surface area (TPSA) is 60.4 Å². The van der Waals surface area contributed by atoms with Crippen molar-refractivity contribution in [1.29, 1.82) is 0 Å². The lowest BCUT2D eigenvalue weighted by Crippen LogP contribution is -2.37. The van der Waals surface area contributed by atoms with Crippen molar-refractivity contribution in [3.05, 3.63) is 0 Å². The number of esters is 1. The summed E-state index contributed by atoms with van der Waals surface area (Å²) in [6, 6.07) is 0. The highest BCUT2D eigenvalue weighted by Gasteiger charge is 2.51. The Bertz CT molecular complexity index is 394. The van der Waals surface area contributed by atoms with Gasteiger partial charge in [-0.1, -0.05) is 0 Å². The van der Waals surface area contributed by atoms with Crippen molar-refractivity contribution in [2.24, 2.45) is 5.92 Å². The fraction of sp³-hybridized carbons (Fsp3) is 0.900. The van der Waals surface area contributed by atoms with E-state index in [4.69, 9.17) is 4.74 Å². The second-order valence-electron chi connectivity index (χ2n) is 4.44. The number of ether oxygens (including phenoxy) is 1. The van der Waals surface area contributed by atoms with E-state index in [1.165, 1.54) is 6.92 Å². The molecule has 0 atom stereocenters. The van der Waals surface area contributed by atoms with Gasteiger partial charge in [0.1, 0.15) is 0 Å². The number of rotatable bonds is 3. The van der Waals surface area contributed by atoms with Crippen LogP contribution in [0.1, 0.15) is 32.6 Å². The van der Waals surface area contributed by atoms with Crippen LogP contribution in [0.2, 0.25) is 0 Å². The normalized spacial score (nSPS) is 25.8. The molecule has 18 heavy (non-hydrogen) atoms.